The third-order valence-corrected chi connectivity index (χ3v) is 3.81. The van der Waals surface area contributed by atoms with Crippen LogP contribution in [0.5, 0.6) is 5.75 Å². The summed E-state index contributed by atoms with van der Waals surface area (Å²) in [5.41, 5.74) is 0.0555. The molecule has 0 unspecified atom stereocenters. The third-order valence-electron chi connectivity index (χ3n) is 3.56. The zero-order chi connectivity index (χ0) is 19.4. The van der Waals surface area contributed by atoms with Gasteiger partial charge in [0.1, 0.15) is 5.75 Å². The first kappa shape index (κ1) is 18.7. The molecule has 0 radical (unpaired) electrons. The Morgan fingerprint density at radius 1 is 1.15 bits per heavy atom. The molecule has 1 N–H and O–H groups in total. The average molecular weight is 396 g/mol. The van der Waals surface area contributed by atoms with Gasteiger partial charge in [-0.25, -0.2) is 0 Å². The molecule has 0 amide bonds. The molecule has 0 aliphatic carbocycles. The van der Waals surface area contributed by atoms with E-state index in [-0.39, 0.29) is 11.4 Å². The molecule has 0 atom stereocenters. The number of anilines is 1. The Morgan fingerprint density at radius 2 is 1.89 bits per heavy atom. The molecule has 2 aromatic carbocycles. The zero-order valence-electron chi connectivity index (χ0n) is 13.9. The van der Waals surface area contributed by atoms with Crippen molar-refractivity contribution in [1.29, 1.82) is 0 Å². The van der Waals surface area contributed by atoms with Crippen molar-refractivity contribution in [2.75, 3.05) is 12.4 Å². The van der Waals surface area contributed by atoms with Gasteiger partial charge in [-0.3, -0.25) is 0 Å². The van der Waals surface area contributed by atoms with Crippen LogP contribution >= 0.6 is 11.6 Å². The largest absolute Gasteiger partial charge is 0.495 e. The molecule has 0 bridgehead atoms. The van der Waals surface area contributed by atoms with E-state index in [1.807, 2.05) is 0 Å². The molecule has 0 spiro atoms. The van der Waals surface area contributed by atoms with Crippen LogP contribution in [0.25, 0.3) is 11.8 Å². The molecule has 140 valence electrons. The van der Waals surface area contributed by atoms with Crippen molar-refractivity contribution in [1.82, 2.24) is 20.2 Å². The van der Waals surface area contributed by atoms with E-state index in [0.717, 1.165) is 12.1 Å². The monoisotopic (exact) mass is 395 g/mol. The number of methoxy groups -OCH3 is 1. The van der Waals surface area contributed by atoms with E-state index in [1.54, 1.807) is 24.3 Å². The third kappa shape index (κ3) is 4.37. The Hall–Kier alpha value is -3.07. The van der Waals surface area contributed by atoms with E-state index in [0.29, 0.717) is 16.5 Å². The number of benzene rings is 2. The first-order chi connectivity index (χ1) is 12.9. The maximum atomic E-state index is 12.9. The topological polar surface area (TPSA) is 64.9 Å². The molecular formula is C17H13ClF3N5O. The summed E-state index contributed by atoms with van der Waals surface area (Å²) >= 11 is 5.86. The number of halogens is 4. The van der Waals surface area contributed by atoms with Gasteiger partial charge < -0.3 is 10.1 Å². The van der Waals surface area contributed by atoms with Gasteiger partial charge in [0.2, 0.25) is 0 Å². The maximum absolute atomic E-state index is 12.9. The highest BCUT2D eigenvalue weighted by molar-refractivity contribution is 6.30. The van der Waals surface area contributed by atoms with E-state index in [1.165, 1.54) is 30.1 Å². The Kier molecular flexibility index (Phi) is 5.31. The highest BCUT2D eigenvalue weighted by Gasteiger charge is 2.31. The van der Waals surface area contributed by atoms with Crippen molar-refractivity contribution in [3.05, 3.63) is 65.1 Å². The molecule has 0 saturated heterocycles. The van der Waals surface area contributed by atoms with Gasteiger partial charge in [0.05, 0.1) is 24.0 Å². The van der Waals surface area contributed by atoms with Crippen LogP contribution in [-0.4, -0.2) is 27.3 Å². The highest BCUT2D eigenvalue weighted by Crippen LogP contribution is 2.34. The number of tetrazole rings is 1. The molecule has 3 rings (SSSR count). The van der Waals surface area contributed by atoms with Crippen LogP contribution in [0, 0.1) is 0 Å². The summed E-state index contributed by atoms with van der Waals surface area (Å²) in [6.45, 7) is 0. The molecule has 1 aromatic heterocycles. The van der Waals surface area contributed by atoms with Crippen molar-refractivity contribution in [2.45, 2.75) is 6.18 Å². The Balaban J connectivity index is 1.83. The lowest BCUT2D eigenvalue weighted by Crippen LogP contribution is -2.06. The normalized spacial score (nSPS) is 11.7. The Labute approximate surface area is 157 Å². The van der Waals surface area contributed by atoms with Crippen LogP contribution in [0.1, 0.15) is 11.4 Å². The molecule has 6 nitrogen and oxygen atoms in total. The molecule has 1 heterocycles. The summed E-state index contributed by atoms with van der Waals surface area (Å²) in [5, 5.41) is 14.7. The molecule has 0 saturated carbocycles. The fraction of sp³-hybridized carbons (Fsp3) is 0.118. The van der Waals surface area contributed by atoms with Crippen molar-refractivity contribution < 1.29 is 17.9 Å². The second-order valence-electron chi connectivity index (χ2n) is 5.32. The fourth-order valence-electron chi connectivity index (χ4n) is 2.27. The summed E-state index contributed by atoms with van der Waals surface area (Å²) in [6.07, 6.45) is -1.50. The maximum Gasteiger partial charge on any atom is 0.416 e. The van der Waals surface area contributed by atoms with Gasteiger partial charge in [0.25, 0.3) is 0 Å². The molecular weight excluding hydrogens is 383 g/mol. The van der Waals surface area contributed by atoms with Crippen molar-refractivity contribution >= 4 is 23.4 Å². The molecule has 0 aliphatic rings. The van der Waals surface area contributed by atoms with Crippen LogP contribution in [-0.2, 0) is 6.18 Å². The second-order valence-corrected chi connectivity index (χ2v) is 5.75. The number of alkyl halides is 3. The van der Waals surface area contributed by atoms with Gasteiger partial charge in [0.15, 0.2) is 5.82 Å². The second kappa shape index (κ2) is 7.67. The molecule has 0 fully saturated rings. The number of ether oxygens (including phenoxy) is 1. The first-order valence-electron chi connectivity index (χ1n) is 7.61. The molecule has 10 heteroatoms. The minimum absolute atomic E-state index is 0.161. The predicted molar refractivity (Wildman–Crippen MR) is 94.8 cm³/mol. The minimum atomic E-state index is -4.45. The Morgan fingerprint density at radius 3 is 2.56 bits per heavy atom. The Bertz CT molecular complexity index is 954. The van der Waals surface area contributed by atoms with Crippen LogP contribution in [0.4, 0.5) is 18.9 Å². The molecule has 3 aromatic rings. The van der Waals surface area contributed by atoms with Crippen LogP contribution in [0.2, 0.25) is 5.02 Å². The standard InChI is InChI=1S/C17H13ClF3N5O/c1-27-15-7-2-11(17(19,20)21)10-14(15)22-9-8-16-23-24-25-26(16)13-5-3-12(18)4-6-13/h2-10,22H,1H3/b9-8-. The van der Waals surface area contributed by atoms with Crippen LogP contribution in [0.15, 0.2) is 48.7 Å². The number of hydrogen-bond donors (Lipinski definition) is 1. The van der Waals surface area contributed by atoms with Crippen molar-refractivity contribution in [3.63, 3.8) is 0 Å². The van der Waals surface area contributed by atoms with Gasteiger partial charge in [0, 0.05) is 17.3 Å². The number of rotatable bonds is 5. The van der Waals surface area contributed by atoms with E-state index in [9.17, 15) is 13.2 Å². The first-order valence-corrected chi connectivity index (χ1v) is 7.99. The van der Waals surface area contributed by atoms with E-state index in [4.69, 9.17) is 16.3 Å². The summed E-state index contributed by atoms with van der Waals surface area (Å²) in [7, 11) is 1.37. The highest BCUT2D eigenvalue weighted by atomic mass is 35.5. The van der Waals surface area contributed by atoms with E-state index < -0.39 is 11.7 Å². The zero-order valence-corrected chi connectivity index (χ0v) is 14.7. The van der Waals surface area contributed by atoms with E-state index in [2.05, 4.69) is 20.8 Å². The van der Waals surface area contributed by atoms with Crippen molar-refractivity contribution in [2.24, 2.45) is 0 Å². The fourth-order valence-corrected chi connectivity index (χ4v) is 2.39. The molecule has 27 heavy (non-hydrogen) atoms. The summed E-state index contributed by atoms with van der Waals surface area (Å²) < 4.78 is 45.2. The summed E-state index contributed by atoms with van der Waals surface area (Å²) in [5.74, 6) is 0.640. The lowest BCUT2D eigenvalue weighted by Gasteiger charge is -2.12. The molecule has 0 aliphatic heterocycles. The summed E-state index contributed by atoms with van der Waals surface area (Å²) in [6, 6.07) is 10.0. The smallest absolute Gasteiger partial charge is 0.416 e. The number of nitrogens with zero attached hydrogens (tertiary/aromatic N) is 4. The lowest BCUT2D eigenvalue weighted by molar-refractivity contribution is -0.137. The van der Waals surface area contributed by atoms with Crippen LogP contribution < -0.4 is 10.1 Å². The predicted octanol–water partition coefficient (Wildman–Crippen LogP) is 4.43. The quantitative estimate of drug-likeness (QED) is 0.692. The van der Waals surface area contributed by atoms with Gasteiger partial charge in [-0.2, -0.15) is 17.9 Å². The van der Waals surface area contributed by atoms with Gasteiger partial charge >= 0.3 is 6.18 Å². The summed E-state index contributed by atoms with van der Waals surface area (Å²) in [4.78, 5) is 0. The van der Waals surface area contributed by atoms with Gasteiger partial charge in [-0.15, -0.1) is 5.10 Å². The van der Waals surface area contributed by atoms with E-state index >= 15 is 0 Å². The number of hydrogen-bond acceptors (Lipinski definition) is 5. The SMILES string of the molecule is COc1ccc(C(F)(F)F)cc1N/C=C\c1nnnn1-c1ccc(Cl)cc1. The number of nitrogens with one attached hydrogen (secondary N) is 1. The lowest BCUT2D eigenvalue weighted by atomic mass is 10.2. The van der Waals surface area contributed by atoms with Crippen molar-refractivity contribution in [3.8, 4) is 11.4 Å². The average Bonchev–Trinajstić information content (AvgIpc) is 3.10. The van der Waals surface area contributed by atoms with Gasteiger partial charge in [-0.1, -0.05) is 11.6 Å². The number of aromatic nitrogens is 4. The minimum Gasteiger partial charge on any atom is -0.495 e. The van der Waals surface area contributed by atoms with Gasteiger partial charge in [-0.05, 0) is 52.9 Å². The van der Waals surface area contributed by atoms with Crippen LogP contribution in [0.3, 0.4) is 0 Å².